The van der Waals surface area contributed by atoms with Crippen LogP contribution in [0.25, 0.3) is 0 Å². The Balaban J connectivity index is 0.00000156. The Morgan fingerprint density at radius 3 is 2.17 bits per heavy atom. The van der Waals surface area contributed by atoms with Crippen LogP contribution in [0.4, 0.5) is 0 Å². The molecule has 0 radical (unpaired) electrons. The highest BCUT2D eigenvalue weighted by molar-refractivity contribution is 7.95. The summed E-state index contributed by atoms with van der Waals surface area (Å²) in [5.41, 5.74) is -0.169. The van der Waals surface area contributed by atoms with Crippen LogP contribution in [0.2, 0.25) is 0 Å². The third kappa shape index (κ3) is 3.55. The van der Waals surface area contributed by atoms with Crippen LogP contribution in [0.15, 0.2) is 0 Å². The van der Waals surface area contributed by atoms with E-state index >= 15 is 0 Å². The molecular weight excluding hydrogens is 332 g/mol. The summed E-state index contributed by atoms with van der Waals surface area (Å²) in [6.07, 6.45) is 10.4. The second-order valence-electron chi connectivity index (χ2n) is 8.13. The topological polar surface area (TPSA) is 29.0 Å². The lowest BCUT2D eigenvalue weighted by Gasteiger charge is -2.59. The Hall–Kier alpha value is 0.0700. The largest absolute Gasteiger partial charge is 1.00 e. The highest BCUT2D eigenvalue weighted by atomic mass is 35.5. The Morgan fingerprint density at radius 2 is 1.61 bits per heavy atom. The van der Waals surface area contributed by atoms with E-state index in [1.807, 2.05) is 0 Å². The van der Waals surface area contributed by atoms with Crippen LogP contribution in [0.3, 0.4) is 0 Å². The van der Waals surface area contributed by atoms with Crippen LogP contribution in [-0.4, -0.2) is 30.5 Å². The first kappa shape index (κ1) is 17.9. The summed E-state index contributed by atoms with van der Waals surface area (Å²) in [7, 11) is 0. The molecule has 23 heavy (non-hydrogen) atoms. The summed E-state index contributed by atoms with van der Waals surface area (Å²) in [6.45, 7) is 4.32. The van der Waals surface area contributed by atoms with Crippen molar-refractivity contribution < 1.29 is 25.8 Å². The maximum absolute atomic E-state index is 12.4. The predicted molar refractivity (Wildman–Crippen MR) is 88.7 cm³/mol. The van der Waals surface area contributed by atoms with Gasteiger partial charge in [0.25, 0.3) is 0 Å². The zero-order valence-electron chi connectivity index (χ0n) is 14.1. The molecule has 4 aliphatic carbocycles. The summed E-state index contributed by atoms with van der Waals surface area (Å²) < 4.78 is 9.28. The van der Waals surface area contributed by atoms with Gasteiger partial charge in [0, 0.05) is 12.8 Å². The molecule has 0 aromatic rings. The van der Waals surface area contributed by atoms with Crippen molar-refractivity contribution in [2.45, 2.75) is 63.9 Å². The van der Waals surface area contributed by atoms with E-state index in [1.165, 1.54) is 51.4 Å². The van der Waals surface area contributed by atoms with E-state index < -0.39 is 0 Å². The molecule has 0 aromatic carbocycles. The molecule has 5 heteroatoms. The van der Waals surface area contributed by atoms with Crippen LogP contribution >= 0.6 is 12.0 Å². The summed E-state index contributed by atoms with van der Waals surface area (Å²) in [6, 6.07) is 0. The molecule has 5 rings (SSSR count). The average molecular weight is 361 g/mol. The fraction of sp³-hybridized carbons (Fsp3) is 0.944. The van der Waals surface area contributed by atoms with Crippen molar-refractivity contribution in [1.82, 2.24) is 0 Å². The molecule has 1 aliphatic heterocycles. The van der Waals surface area contributed by atoms with Gasteiger partial charge in [-0.2, -0.15) is 0 Å². The van der Waals surface area contributed by atoms with Crippen molar-refractivity contribution in [3.63, 3.8) is 0 Å². The van der Waals surface area contributed by atoms with E-state index in [4.69, 9.17) is 4.74 Å². The molecule has 3 nitrogen and oxygen atoms in total. The summed E-state index contributed by atoms with van der Waals surface area (Å²) in [5.74, 6) is 3.56. The number of hydrogen-bond acceptors (Lipinski definition) is 3. The van der Waals surface area contributed by atoms with Gasteiger partial charge < -0.3 is 21.0 Å². The molecule has 1 saturated heterocycles. The molecule has 0 atom stereocenters. The Bertz CT molecular complexity index is 408. The molecule has 0 amide bonds. The van der Waals surface area contributed by atoms with Gasteiger partial charge in [0.2, 0.25) is 0 Å². The molecule has 1 heterocycles. The maximum Gasteiger partial charge on any atom is 0.324 e. The predicted octanol–water partition coefficient (Wildman–Crippen LogP) is 1.13. The van der Waals surface area contributed by atoms with E-state index in [0.717, 1.165) is 25.0 Å². The van der Waals surface area contributed by atoms with Gasteiger partial charge in [-0.3, -0.25) is 4.79 Å². The van der Waals surface area contributed by atoms with Crippen molar-refractivity contribution in [3.8, 4) is 0 Å². The Kier molecular flexibility index (Phi) is 5.54. The van der Waals surface area contributed by atoms with E-state index in [9.17, 15) is 4.79 Å². The average Bonchev–Trinajstić information content (AvgIpc) is 2.51. The summed E-state index contributed by atoms with van der Waals surface area (Å²) in [5, 5.41) is 0. The molecule has 0 aromatic heterocycles. The van der Waals surface area contributed by atoms with Crippen molar-refractivity contribution >= 4 is 18.0 Å². The van der Waals surface area contributed by atoms with Crippen molar-refractivity contribution in [1.29, 1.82) is 0 Å². The molecule has 5 aliphatic rings. The van der Waals surface area contributed by atoms with E-state index in [0.29, 0.717) is 17.6 Å². The molecule has 0 unspecified atom stereocenters. The first-order valence-electron chi connectivity index (χ1n) is 9.16. The number of rotatable bonds is 4. The van der Waals surface area contributed by atoms with Gasteiger partial charge in [-0.15, -0.1) is 0 Å². The lowest BCUT2D eigenvalue weighted by molar-refractivity contribution is -0.200. The second-order valence-corrected chi connectivity index (χ2v) is 9.13. The molecule has 132 valence electrons. The number of halogens is 1. The van der Waals surface area contributed by atoms with Gasteiger partial charge in [0.1, 0.15) is 5.60 Å². The van der Waals surface area contributed by atoms with Crippen LogP contribution in [0.1, 0.15) is 58.3 Å². The Morgan fingerprint density at radius 1 is 1.04 bits per heavy atom. The Labute approximate surface area is 150 Å². The zero-order chi connectivity index (χ0) is 15.2. The summed E-state index contributed by atoms with van der Waals surface area (Å²) in [4.78, 5) is 12.4. The fourth-order valence-electron chi connectivity index (χ4n) is 5.62. The first-order valence-corrected chi connectivity index (χ1v) is 10.1. The van der Waals surface area contributed by atoms with Gasteiger partial charge in [0.05, 0.1) is 0 Å². The molecule has 0 spiro atoms. The van der Waals surface area contributed by atoms with Crippen LogP contribution in [0, 0.1) is 23.7 Å². The van der Waals surface area contributed by atoms with Crippen molar-refractivity contribution in [2.24, 2.45) is 23.7 Å². The highest BCUT2D eigenvalue weighted by Gasteiger charge is 2.57. The lowest BCUT2D eigenvalue weighted by Crippen LogP contribution is -3.00. The molecule has 4 bridgehead atoms. The second kappa shape index (κ2) is 7.13. The molecule has 4 saturated carbocycles. The fourth-order valence-corrected chi connectivity index (χ4v) is 6.41. The van der Waals surface area contributed by atoms with Crippen LogP contribution < -0.4 is 12.4 Å². The standard InChI is InChI=1S/C18H29O3S.ClH/c1-18(15-8-13-7-14(10-15)11-16(18)9-13)20-17(19)12-22-21-5-3-2-4-6-21;/h13-16H,2-12H2,1H3;1H/q+1;/p-1. The normalized spacial score (nSPS) is 42.3. The van der Waals surface area contributed by atoms with Gasteiger partial charge in [-0.05, 0) is 69.1 Å². The van der Waals surface area contributed by atoms with Gasteiger partial charge in [-0.1, -0.05) is 0 Å². The van der Waals surface area contributed by atoms with E-state index in [-0.39, 0.29) is 24.0 Å². The minimum absolute atomic E-state index is 0. The van der Waals surface area contributed by atoms with Crippen LogP contribution in [0.5, 0.6) is 0 Å². The minimum Gasteiger partial charge on any atom is -1.00 e. The SMILES string of the molecule is CC1(OC(=O)CS[O+]2CCCCC2)C2CC3CC(C2)CC1C3.[Cl-]. The van der Waals surface area contributed by atoms with Gasteiger partial charge in [-0.25, -0.2) is 0 Å². The number of ether oxygens (including phenoxy) is 1. The van der Waals surface area contributed by atoms with Crippen molar-refractivity contribution in [3.05, 3.63) is 0 Å². The number of carbonyl (C=O) groups is 1. The quantitative estimate of drug-likeness (QED) is 0.427. The monoisotopic (exact) mass is 360 g/mol. The van der Waals surface area contributed by atoms with Crippen LogP contribution in [-0.2, 0) is 13.3 Å². The molecule has 0 N–H and O–H groups in total. The van der Waals surface area contributed by atoms with Crippen molar-refractivity contribution in [2.75, 3.05) is 19.0 Å². The lowest BCUT2D eigenvalue weighted by atomic mass is 9.50. The third-order valence-corrected chi connectivity index (χ3v) is 7.70. The van der Waals surface area contributed by atoms with E-state index in [2.05, 4.69) is 10.7 Å². The third-order valence-electron chi connectivity index (χ3n) is 6.68. The molecular formula is C18H29ClO3S. The van der Waals surface area contributed by atoms with E-state index in [1.54, 1.807) is 12.0 Å². The number of carbonyl (C=O) groups excluding carboxylic acids is 1. The smallest absolute Gasteiger partial charge is 0.324 e. The minimum atomic E-state index is -0.169. The zero-order valence-corrected chi connectivity index (χ0v) is 15.7. The maximum atomic E-state index is 12.4. The number of hydrogen-bond donors (Lipinski definition) is 0. The first-order chi connectivity index (χ1) is 10.6. The van der Waals surface area contributed by atoms with Gasteiger partial charge in [0.15, 0.2) is 31.0 Å². The van der Waals surface area contributed by atoms with Gasteiger partial charge >= 0.3 is 5.97 Å². The molecule has 5 fully saturated rings. The highest BCUT2D eigenvalue weighted by Crippen LogP contribution is 2.59. The summed E-state index contributed by atoms with van der Waals surface area (Å²) >= 11 is 1.61. The number of esters is 1.